The predicted molar refractivity (Wildman–Crippen MR) is 59.7 cm³/mol. The van der Waals surface area contributed by atoms with E-state index in [1.165, 1.54) is 0 Å². The number of nitrogens with zero attached hydrogens (tertiary/aromatic N) is 5. The molecule has 3 heterocycles. The number of aryl methyl sites for hydroxylation is 3. The molecule has 0 saturated carbocycles. The Bertz CT molecular complexity index is 636. The second-order valence-electron chi connectivity index (χ2n) is 4.05. The van der Waals surface area contributed by atoms with Crippen molar-refractivity contribution in [1.82, 2.24) is 18.5 Å². The second-order valence-corrected chi connectivity index (χ2v) is 4.05. The number of aromatic nitrogens is 5. The van der Waals surface area contributed by atoms with Crippen LogP contribution in [0.1, 0.15) is 0 Å². The van der Waals surface area contributed by atoms with Crippen LogP contribution in [0.15, 0.2) is 31.0 Å². The summed E-state index contributed by atoms with van der Waals surface area (Å²) >= 11 is 0. The van der Waals surface area contributed by atoms with Crippen LogP contribution in [0.5, 0.6) is 0 Å². The molecule has 3 aromatic heterocycles. The van der Waals surface area contributed by atoms with Crippen LogP contribution in [-0.4, -0.2) is 18.5 Å². The predicted octanol–water partition coefficient (Wildman–Crippen LogP) is 0.503. The van der Waals surface area contributed by atoms with E-state index in [2.05, 4.69) is 24.9 Å². The Morgan fingerprint density at radius 1 is 1.25 bits per heavy atom. The molecule has 3 rings (SSSR count). The number of hydrogen-bond donors (Lipinski definition) is 0. The van der Waals surface area contributed by atoms with E-state index < -0.39 is 0 Å². The third kappa shape index (κ3) is 1.05. The molecular weight excluding hydrogens is 202 g/mol. The number of hydrogen-bond acceptors (Lipinski definition) is 1. The van der Waals surface area contributed by atoms with Crippen LogP contribution in [0.4, 0.5) is 0 Å². The highest BCUT2D eigenvalue weighted by Crippen LogP contribution is 2.17. The van der Waals surface area contributed by atoms with Crippen molar-refractivity contribution in [2.24, 2.45) is 21.1 Å². The lowest BCUT2D eigenvalue weighted by Crippen LogP contribution is -2.29. The van der Waals surface area contributed by atoms with Gasteiger partial charge in [-0.05, 0) is 0 Å². The van der Waals surface area contributed by atoms with Crippen LogP contribution in [-0.2, 0) is 21.1 Å². The van der Waals surface area contributed by atoms with E-state index >= 15 is 0 Å². The summed E-state index contributed by atoms with van der Waals surface area (Å²) in [5.74, 6) is 2.12. The van der Waals surface area contributed by atoms with Crippen molar-refractivity contribution in [3.63, 3.8) is 0 Å². The van der Waals surface area contributed by atoms with Gasteiger partial charge in [0.05, 0.1) is 14.1 Å². The van der Waals surface area contributed by atoms with Crippen molar-refractivity contribution in [3.05, 3.63) is 31.0 Å². The average Bonchev–Trinajstić information content (AvgIpc) is 2.88. The van der Waals surface area contributed by atoms with Crippen LogP contribution < -0.4 is 4.57 Å². The van der Waals surface area contributed by atoms with Crippen LogP contribution in [0.2, 0.25) is 0 Å². The maximum atomic E-state index is 4.32. The van der Waals surface area contributed by atoms with Crippen molar-refractivity contribution in [3.8, 4) is 11.5 Å². The van der Waals surface area contributed by atoms with E-state index in [0.717, 1.165) is 17.3 Å². The van der Waals surface area contributed by atoms with Crippen molar-refractivity contribution < 1.29 is 4.57 Å². The summed E-state index contributed by atoms with van der Waals surface area (Å²) in [6.07, 6.45) is 9.96. The van der Waals surface area contributed by atoms with E-state index in [1.807, 2.05) is 50.3 Å². The number of fused-ring (bicyclic) bond motifs is 1. The monoisotopic (exact) mass is 216 g/mol. The summed E-state index contributed by atoms with van der Waals surface area (Å²) in [6.45, 7) is 0. The largest absolute Gasteiger partial charge is 0.306 e. The van der Waals surface area contributed by atoms with Crippen molar-refractivity contribution in [1.29, 1.82) is 0 Å². The first-order valence-electron chi connectivity index (χ1n) is 5.18. The summed E-state index contributed by atoms with van der Waals surface area (Å²) in [7, 11) is 6.13. The van der Waals surface area contributed by atoms with Gasteiger partial charge in [0.2, 0.25) is 5.78 Å². The van der Waals surface area contributed by atoms with Gasteiger partial charge in [-0.1, -0.05) is 0 Å². The molecule has 0 N–H and O–H groups in total. The van der Waals surface area contributed by atoms with Crippen LogP contribution in [0, 0.1) is 0 Å². The number of imidazole rings is 3. The fraction of sp³-hybridized carbons (Fsp3) is 0.273. The van der Waals surface area contributed by atoms with E-state index in [4.69, 9.17) is 0 Å². The van der Waals surface area contributed by atoms with Gasteiger partial charge in [-0.25, -0.2) is 14.1 Å². The van der Waals surface area contributed by atoms with Crippen molar-refractivity contribution in [2.75, 3.05) is 0 Å². The van der Waals surface area contributed by atoms with Crippen LogP contribution in [0.25, 0.3) is 17.3 Å². The Hall–Kier alpha value is -2.04. The minimum absolute atomic E-state index is 0.955. The lowest BCUT2D eigenvalue weighted by Gasteiger charge is -1.99. The number of rotatable bonds is 1. The molecule has 82 valence electrons. The van der Waals surface area contributed by atoms with Gasteiger partial charge in [-0.3, -0.25) is 4.40 Å². The third-order valence-corrected chi connectivity index (χ3v) is 2.98. The Balaban J connectivity index is 2.34. The topological polar surface area (TPSA) is 31.0 Å². The van der Waals surface area contributed by atoms with Gasteiger partial charge in [0.25, 0.3) is 0 Å². The third-order valence-electron chi connectivity index (χ3n) is 2.98. The summed E-state index contributed by atoms with van der Waals surface area (Å²) in [5.41, 5.74) is 1.15. The molecule has 0 saturated heterocycles. The van der Waals surface area contributed by atoms with Gasteiger partial charge in [-0.15, -0.1) is 0 Å². The highest BCUT2D eigenvalue weighted by molar-refractivity contribution is 5.53. The molecule has 3 aromatic rings. The fourth-order valence-corrected chi connectivity index (χ4v) is 2.15. The van der Waals surface area contributed by atoms with Crippen molar-refractivity contribution in [2.45, 2.75) is 0 Å². The molecule has 0 aliphatic carbocycles. The molecule has 0 aliphatic rings. The Morgan fingerprint density at radius 2 is 2.06 bits per heavy atom. The van der Waals surface area contributed by atoms with Crippen molar-refractivity contribution >= 4 is 5.78 Å². The van der Waals surface area contributed by atoms with Gasteiger partial charge < -0.3 is 4.57 Å². The first-order valence-corrected chi connectivity index (χ1v) is 5.18. The summed E-state index contributed by atoms with van der Waals surface area (Å²) in [4.78, 5) is 4.32. The molecule has 5 nitrogen and oxygen atoms in total. The van der Waals surface area contributed by atoms with E-state index in [1.54, 1.807) is 0 Å². The smallest absolute Gasteiger partial charge is 0.306 e. The molecule has 0 aromatic carbocycles. The highest BCUT2D eigenvalue weighted by atomic mass is 15.2. The normalized spacial score (nSPS) is 11.4. The molecule has 0 spiro atoms. The van der Waals surface area contributed by atoms with E-state index in [9.17, 15) is 0 Å². The zero-order valence-electron chi connectivity index (χ0n) is 9.62. The second kappa shape index (κ2) is 2.98. The quantitative estimate of drug-likeness (QED) is 0.545. The Kier molecular flexibility index (Phi) is 1.71. The highest BCUT2D eigenvalue weighted by Gasteiger charge is 2.19. The summed E-state index contributed by atoms with van der Waals surface area (Å²) < 4.78 is 8.33. The maximum Gasteiger partial charge on any atom is 0.306 e. The van der Waals surface area contributed by atoms with Gasteiger partial charge in [-0.2, -0.15) is 0 Å². The zero-order valence-corrected chi connectivity index (χ0v) is 9.62. The van der Waals surface area contributed by atoms with Gasteiger partial charge in [0.1, 0.15) is 12.4 Å². The lowest BCUT2D eigenvalue weighted by atomic mass is 10.4. The molecule has 0 fully saturated rings. The minimum Gasteiger partial charge on any atom is -0.306 e. The SMILES string of the molecule is Cn1cc[n+](C)c1-c1cn2ccnc2n1C. The molecule has 0 aliphatic heterocycles. The molecule has 0 radical (unpaired) electrons. The van der Waals surface area contributed by atoms with Crippen LogP contribution in [0.3, 0.4) is 0 Å². The first-order chi connectivity index (χ1) is 7.68. The molecule has 0 atom stereocenters. The van der Waals surface area contributed by atoms with Gasteiger partial charge >= 0.3 is 5.82 Å². The van der Waals surface area contributed by atoms with E-state index in [0.29, 0.717) is 0 Å². The van der Waals surface area contributed by atoms with Gasteiger partial charge in [0, 0.05) is 25.6 Å². The molecule has 16 heavy (non-hydrogen) atoms. The molecule has 0 unspecified atom stereocenters. The molecular formula is C11H14N5+. The average molecular weight is 216 g/mol. The first kappa shape index (κ1) is 9.21. The molecule has 0 amide bonds. The Morgan fingerprint density at radius 3 is 2.69 bits per heavy atom. The Labute approximate surface area is 93.2 Å². The molecule has 0 bridgehead atoms. The van der Waals surface area contributed by atoms with Gasteiger partial charge in [0.15, 0.2) is 5.69 Å². The minimum atomic E-state index is 0.955. The summed E-state index contributed by atoms with van der Waals surface area (Å²) in [6, 6.07) is 0. The van der Waals surface area contributed by atoms with Crippen LogP contribution >= 0.6 is 0 Å². The zero-order chi connectivity index (χ0) is 11.3. The fourth-order valence-electron chi connectivity index (χ4n) is 2.15. The van der Waals surface area contributed by atoms with E-state index in [-0.39, 0.29) is 0 Å². The lowest BCUT2D eigenvalue weighted by molar-refractivity contribution is -0.659. The molecule has 5 heteroatoms. The maximum absolute atomic E-state index is 4.32. The standard InChI is InChI=1S/C11H14N5/c1-13-6-7-14(2)10(13)9-8-16-5-4-12-11(16)15(9)3/h4-8H,1-3H3/q+1. The summed E-state index contributed by atoms with van der Waals surface area (Å²) in [5, 5.41) is 0.